The summed E-state index contributed by atoms with van der Waals surface area (Å²) in [6, 6.07) is 12.3. The molecule has 1 fully saturated rings. The molecule has 224 valence electrons. The second-order valence-corrected chi connectivity index (χ2v) is 13.1. The van der Waals surface area contributed by atoms with E-state index in [2.05, 4.69) is 34.9 Å². The summed E-state index contributed by atoms with van der Waals surface area (Å²) in [5, 5.41) is 9.11. The van der Waals surface area contributed by atoms with Crippen LogP contribution >= 0.6 is 0 Å². The fourth-order valence-corrected chi connectivity index (χ4v) is 6.24. The number of aromatic nitrogens is 6. The summed E-state index contributed by atoms with van der Waals surface area (Å²) < 4.78 is 46.4. The van der Waals surface area contributed by atoms with Crippen molar-refractivity contribution in [3.05, 3.63) is 78.6 Å². The molecule has 44 heavy (non-hydrogen) atoms. The van der Waals surface area contributed by atoms with Crippen LogP contribution in [-0.4, -0.2) is 50.9 Å². The van der Waals surface area contributed by atoms with Crippen molar-refractivity contribution in [1.29, 1.82) is 0 Å². The van der Waals surface area contributed by atoms with Crippen LogP contribution in [0.1, 0.15) is 37.7 Å². The van der Waals surface area contributed by atoms with E-state index in [0.717, 1.165) is 63.7 Å². The molecular formula is C32H30FN7O3S. The van der Waals surface area contributed by atoms with Crippen molar-refractivity contribution in [1.82, 2.24) is 34.9 Å². The maximum absolute atomic E-state index is 14.6. The Hall–Kier alpha value is -4.68. The Balaban J connectivity index is 1.23. The third kappa shape index (κ3) is 5.90. The van der Waals surface area contributed by atoms with Gasteiger partial charge in [0.05, 0.1) is 29.9 Å². The van der Waals surface area contributed by atoms with Gasteiger partial charge in [-0.2, -0.15) is 5.10 Å². The zero-order valence-electron chi connectivity index (χ0n) is 24.0. The lowest BCUT2D eigenvalue weighted by Crippen LogP contribution is -2.21. The average Bonchev–Trinajstić information content (AvgIpc) is 3.64. The summed E-state index contributed by atoms with van der Waals surface area (Å²) in [4.78, 5) is 16.9. The van der Waals surface area contributed by atoms with Crippen molar-refractivity contribution in [3.8, 4) is 39.4 Å². The van der Waals surface area contributed by atoms with Gasteiger partial charge in [0.25, 0.3) is 0 Å². The van der Waals surface area contributed by atoms with E-state index in [0.29, 0.717) is 22.4 Å². The van der Waals surface area contributed by atoms with E-state index >= 15 is 0 Å². The molecule has 12 heteroatoms. The van der Waals surface area contributed by atoms with E-state index in [1.54, 1.807) is 30.9 Å². The second kappa shape index (κ2) is 11.4. The maximum Gasteiger partial charge on any atom is 0.209 e. The van der Waals surface area contributed by atoms with Crippen molar-refractivity contribution in [2.24, 2.45) is 0 Å². The molecule has 0 unspecified atom stereocenters. The number of H-pyrrole nitrogens is 2. The molecule has 0 atom stereocenters. The van der Waals surface area contributed by atoms with Crippen LogP contribution in [0.2, 0.25) is 0 Å². The number of ether oxygens (including phenoxy) is 1. The highest BCUT2D eigenvalue weighted by Gasteiger charge is 2.18. The predicted octanol–water partition coefficient (Wildman–Crippen LogP) is 6.13. The lowest BCUT2D eigenvalue weighted by Gasteiger charge is -2.23. The zero-order chi connectivity index (χ0) is 30.3. The highest BCUT2D eigenvalue weighted by Crippen LogP contribution is 2.35. The smallest absolute Gasteiger partial charge is 0.209 e. The first-order valence-electron chi connectivity index (χ1n) is 14.5. The topological polar surface area (TPSA) is 139 Å². The van der Waals surface area contributed by atoms with Gasteiger partial charge in [-0.3, -0.25) is 10.1 Å². The summed E-state index contributed by atoms with van der Waals surface area (Å²) >= 11 is 0. The van der Waals surface area contributed by atoms with E-state index < -0.39 is 15.8 Å². The van der Waals surface area contributed by atoms with Gasteiger partial charge in [-0.05, 0) is 84.8 Å². The predicted molar refractivity (Wildman–Crippen MR) is 167 cm³/mol. The quantitative estimate of drug-likeness (QED) is 0.188. The number of rotatable bonds is 8. The molecular weight excluding hydrogens is 581 g/mol. The van der Waals surface area contributed by atoms with Gasteiger partial charge in [0.15, 0.2) is 5.65 Å². The van der Waals surface area contributed by atoms with Gasteiger partial charge < -0.3 is 9.72 Å². The number of fused-ring (bicyclic) bond motifs is 2. The lowest BCUT2D eigenvalue weighted by atomic mass is 9.98. The summed E-state index contributed by atoms with van der Waals surface area (Å²) in [6.45, 7) is -0.0171. The van der Waals surface area contributed by atoms with Gasteiger partial charge >= 0.3 is 0 Å². The molecule has 1 aromatic carbocycles. The fourth-order valence-electron chi connectivity index (χ4n) is 5.82. The third-order valence-corrected chi connectivity index (χ3v) is 8.59. The van der Waals surface area contributed by atoms with Gasteiger partial charge in [-0.1, -0.05) is 6.42 Å². The molecule has 0 amide bonds. The molecule has 0 bridgehead atoms. The number of halogens is 1. The van der Waals surface area contributed by atoms with Crippen LogP contribution in [0.15, 0.2) is 67.3 Å². The molecule has 1 aliphatic rings. The van der Waals surface area contributed by atoms with Gasteiger partial charge in [0, 0.05) is 47.0 Å². The zero-order valence-corrected chi connectivity index (χ0v) is 24.8. The van der Waals surface area contributed by atoms with Crippen LogP contribution in [0, 0.1) is 5.82 Å². The van der Waals surface area contributed by atoms with E-state index in [1.807, 2.05) is 24.3 Å². The molecule has 5 aromatic heterocycles. The van der Waals surface area contributed by atoms with Crippen LogP contribution in [0.3, 0.4) is 0 Å². The maximum atomic E-state index is 14.6. The Labute approximate surface area is 253 Å². The molecule has 0 saturated heterocycles. The standard InChI is InChI=1S/C32H30FN7O3S/c1-44(41,42)37-15-19-9-20(11-23(33)10-19)26-7-8-35-31-27(26)14-29(38-31)30-28-13-22(17-36-32(28)40-39-30)21-12-25(18-34-16-21)43-24-5-3-2-4-6-24/h7-14,16-18,24,37H,2-6,15H2,1H3,(H,35,38)(H,36,39,40). The second-order valence-electron chi connectivity index (χ2n) is 11.2. The third-order valence-electron chi connectivity index (χ3n) is 7.92. The molecule has 0 spiro atoms. The van der Waals surface area contributed by atoms with Gasteiger partial charge in [-0.25, -0.2) is 27.5 Å². The molecule has 1 aliphatic carbocycles. The Morgan fingerprint density at radius 1 is 0.955 bits per heavy atom. The Morgan fingerprint density at radius 2 is 1.80 bits per heavy atom. The molecule has 0 radical (unpaired) electrons. The number of aromatic amines is 2. The Bertz CT molecular complexity index is 2100. The minimum absolute atomic E-state index is 0.0171. The number of hydrogen-bond donors (Lipinski definition) is 3. The van der Waals surface area contributed by atoms with Crippen molar-refractivity contribution < 1.29 is 17.5 Å². The minimum Gasteiger partial charge on any atom is -0.489 e. The molecule has 6 aromatic rings. The van der Waals surface area contributed by atoms with Crippen molar-refractivity contribution in [2.75, 3.05) is 6.26 Å². The van der Waals surface area contributed by atoms with Crippen molar-refractivity contribution in [3.63, 3.8) is 0 Å². The van der Waals surface area contributed by atoms with E-state index in [1.165, 1.54) is 31.4 Å². The van der Waals surface area contributed by atoms with Gasteiger partial charge in [-0.15, -0.1) is 0 Å². The van der Waals surface area contributed by atoms with Gasteiger partial charge in [0.2, 0.25) is 10.0 Å². The highest BCUT2D eigenvalue weighted by molar-refractivity contribution is 7.88. The summed E-state index contributed by atoms with van der Waals surface area (Å²) in [7, 11) is -3.43. The van der Waals surface area contributed by atoms with Crippen LogP contribution in [0.25, 0.3) is 55.7 Å². The fraction of sp³-hybridized carbons (Fsp3) is 0.250. The van der Waals surface area contributed by atoms with Crippen LogP contribution in [0.4, 0.5) is 4.39 Å². The number of benzene rings is 1. The molecule has 10 nitrogen and oxygen atoms in total. The van der Waals surface area contributed by atoms with Crippen LogP contribution < -0.4 is 9.46 Å². The average molecular weight is 612 g/mol. The summed E-state index contributed by atoms with van der Waals surface area (Å²) in [5.41, 5.74) is 6.29. The van der Waals surface area contributed by atoms with Crippen molar-refractivity contribution >= 4 is 32.1 Å². The highest BCUT2D eigenvalue weighted by atomic mass is 32.2. The number of hydrogen-bond acceptors (Lipinski definition) is 7. The number of sulfonamides is 1. The van der Waals surface area contributed by atoms with Crippen molar-refractivity contribution in [2.45, 2.75) is 44.8 Å². The molecule has 5 heterocycles. The number of nitrogens with one attached hydrogen (secondary N) is 3. The van der Waals surface area contributed by atoms with Crippen LogP contribution in [0.5, 0.6) is 5.75 Å². The molecule has 0 aliphatic heterocycles. The molecule has 7 rings (SSSR count). The van der Waals surface area contributed by atoms with Gasteiger partial charge in [0.1, 0.15) is 17.2 Å². The molecule has 3 N–H and O–H groups in total. The van der Waals surface area contributed by atoms with E-state index in [4.69, 9.17) is 4.74 Å². The first kappa shape index (κ1) is 28.1. The SMILES string of the molecule is CS(=O)(=O)NCc1cc(F)cc(-c2ccnc3[nH]c(-c4[nH]nc5ncc(-c6cncc(OC7CCCCC7)c6)cc45)cc23)c1. The largest absolute Gasteiger partial charge is 0.489 e. The van der Waals surface area contributed by atoms with E-state index in [-0.39, 0.29) is 12.6 Å². The summed E-state index contributed by atoms with van der Waals surface area (Å²) in [6.07, 6.45) is 14.1. The lowest BCUT2D eigenvalue weighted by molar-refractivity contribution is 0.154. The first-order valence-corrected chi connectivity index (χ1v) is 16.4. The Kier molecular flexibility index (Phi) is 7.31. The first-order chi connectivity index (χ1) is 21.3. The normalized spacial score (nSPS) is 14.4. The molecule has 1 saturated carbocycles. The number of nitrogens with zero attached hydrogens (tertiary/aromatic N) is 4. The Morgan fingerprint density at radius 3 is 2.64 bits per heavy atom. The van der Waals surface area contributed by atoms with Crippen LogP contribution in [-0.2, 0) is 16.6 Å². The summed E-state index contributed by atoms with van der Waals surface area (Å²) in [5.74, 6) is 0.290. The van der Waals surface area contributed by atoms with E-state index in [9.17, 15) is 12.8 Å². The monoisotopic (exact) mass is 611 g/mol. The number of pyridine rings is 3. The minimum atomic E-state index is -3.43.